The van der Waals surface area contributed by atoms with Crippen LogP contribution in [0, 0.1) is 0 Å². The Morgan fingerprint density at radius 2 is 1.88 bits per heavy atom. The Hall–Kier alpha value is -1.23. The highest BCUT2D eigenvalue weighted by atomic mass is 79.9. The van der Waals surface area contributed by atoms with Gasteiger partial charge in [0.25, 0.3) is 0 Å². The van der Waals surface area contributed by atoms with E-state index in [1.54, 1.807) is 18.3 Å². The fourth-order valence-electron chi connectivity index (χ4n) is 1.61. The lowest BCUT2D eigenvalue weighted by Crippen LogP contribution is -2.28. The van der Waals surface area contributed by atoms with Crippen LogP contribution in [0.4, 0.5) is 0 Å². The third kappa shape index (κ3) is 2.91. The number of aromatic nitrogens is 1. The Kier molecular flexibility index (Phi) is 3.57. The van der Waals surface area contributed by atoms with E-state index >= 15 is 0 Å². The van der Waals surface area contributed by atoms with E-state index < -0.39 is 5.79 Å². The highest BCUT2D eigenvalue weighted by molar-refractivity contribution is 9.10. The molecule has 0 aliphatic heterocycles. The lowest BCUT2D eigenvalue weighted by molar-refractivity contribution is -0.168. The monoisotopic (exact) mass is 293 g/mol. The maximum absolute atomic E-state index is 10.1. The summed E-state index contributed by atoms with van der Waals surface area (Å²) in [6, 6.07) is 10.8. The summed E-state index contributed by atoms with van der Waals surface area (Å²) in [5.74, 6) is -1.90. The maximum atomic E-state index is 10.1. The minimum atomic E-state index is -1.90. The summed E-state index contributed by atoms with van der Waals surface area (Å²) in [6.45, 7) is 0. The smallest absolute Gasteiger partial charge is 0.195 e. The van der Waals surface area contributed by atoms with Crippen molar-refractivity contribution in [3.05, 3.63) is 64.4 Å². The zero-order valence-corrected chi connectivity index (χ0v) is 10.6. The van der Waals surface area contributed by atoms with Crippen molar-refractivity contribution in [2.24, 2.45) is 0 Å². The van der Waals surface area contributed by atoms with Crippen molar-refractivity contribution in [2.75, 3.05) is 0 Å². The number of pyridine rings is 1. The number of halogens is 1. The molecule has 0 atom stereocenters. The molecule has 1 heterocycles. The molecule has 2 N–H and O–H groups in total. The van der Waals surface area contributed by atoms with Gasteiger partial charge in [0.05, 0.1) is 0 Å². The van der Waals surface area contributed by atoms with Gasteiger partial charge in [-0.2, -0.15) is 0 Å². The Balaban J connectivity index is 2.27. The number of aliphatic hydroxyl groups is 2. The van der Waals surface area contributed by atoms with Gasteiger partial charge in [0, 0.05) is 28.9 Å². The van der Waals surface area contributed by atoms with Crippen LogP contribution in [-0.2, 0) is 12.2 Å². The maximum Gasteiger partial charge on any atom is 0.195 e. The lowest BCUT2D eigenvalue weighted by atomic mass is 9.99. The largest absolute Gasteiger partial charge is 0.362 e. The van der Waals surface area contributed by atoms with Gasteiger partial charge in [-0.05, 0) is 17.7 Å². The van der Waals surface area contributed by atoms with Crippen LogP contribution in [-0.4, -0.2) is 15.2 Å². The number of hydrogen-bond acceptors (Lipinski definition) is 3. The Morgan fingerprint density at radius 3 is 2.53 bits per heavy atom. The van der Waals surface area contributed by atoms with E-state index in [9.17, 15) is 10.2 Å². The summed E-state index contributed by atoms with van der Waals surface area (Å²) in [5, 5.41) is 20.1. The van der Waals surface area contributed by atoms with Crippen LogP contribution < -0.4 is 0 Å². The van der Waals surface area contributed by atoms with Gasteiger partial charge in [-0.25, -0.2) is 0 Å². The SMILES string of the molecule is OC(O)(Cc1ccccc1Br)c1cccnc1. The van der Waals surface area contributed by atoms with Gasteiger partial charge in [-0.1, -0.05) is 40.2 Å². The molecule has 3 nitrogen and oxygen atoms in total. The van der Waals surface area contributed by atoms with Gasteiger partial charge in [0.2, 0.25) is 0 Å². The van der Waals surface area contributed by atoms with E-state index in [2.05, 4.69) is 20.9 Å². The molecule has 0 saturated carbocycles. The van der Waals surface area contributed by atoms with Gasteiger partial charge in [-0.3, -0.25) is 4.98 Å². The Morgan fingerprint density at radius 1 is 1.12 bits per heavy atom. The summed E-state index contributed by atoms with van der Waals surface area (Å²) in [6.07, 6.45) is 3.16. The summed E-state index contributed by atoms with van der Waals surface area (Å²) in [7, 11) is 0. The normalized spacial score (nSPS) is 11.5. The fourth-order valence-corrected chi connectivity index (χ4v) is 2.03. The molecule has 0 bridgehead atoms. The minimum Gasteiger partial charge on any atom is -0.362 e. The molecule has 0 amide bonds. The molecule has 2 rings (SSSR count). The van der Waals surface area contributed by atoms with Crippen LogP contribution in [0.15, 0.2) is 53.3 Å². The van der Waals surface area contributed by atoms with E-state index in [1.165, 1.54) is 6.20 Å². The van der Waals surface area contributed by atoms with Crippen molar-refractivity contribution in [3.63, 3.8) is 0 Å². The van der Waals surface area contributed by atoms with Gasteiger partial charge < -0.3 is 10.2 Å². The fraction of sp³-hybridized carbons (Fsp3) is 0.154. The van der Waals surface area contributed by atoms with Crippen LogP contribution in [0.25, 0.3) is 0 Å². The van der Waals surface area contributed by atoms with Gasteiger partial charge in [0.1, 0.15) is 0 Å². The predicted molar refractivity (Wildman–Crippen MR) is 68.2 cm³/mol. The van der Waals surface area contributed by atoms with E-state index in [0.717, 1.165) is 10.0 Å². The molecule has 0 saturated heterocycles. The van der Waals surface area contributed by atoms with E-state index in [4.69, 9.17) is 0 Å². The van der Waals surface area contributed by atoms with Gasteiger partial charge in [0.15, 0.2) is 5.79 Å². The minimum absolute atomic E-state index is 0.111. The van der Waals surface area contributed by atoms with Gasteiger partial charge in [-0.15, -0.1) is 0 Å². The predicted octanol–water partition coefficient (Wildman–Crippen LogP) is 2.22. The average molecular weight is 294 g/mol. The highest BCUT2D eigenvalue weighted by Crippen LogP contribution is 2.26. The van der Waals surface area contributed by atoms with Crippen molar-refractivity contribution in [3.8, 4) is 0 Å². The van der Waals surface area contributed by atoms with Crippen molar-refractivity contribution in [1.29, 1.82) is 0 Å². The molecular formula is C13H12BrNO2. The molecule has 0 aliphatic carbocycles. The first-order chi connectivity index (χ1) is 8.09. The second-order valence-electron chi connectivity index (χ2n) is 3.83. The molecular weight excluding hydrogens is 282 g/mol. The highest BCUT2D eigenvalue weighted by Gasteiger charge is 2.27. The summed E-state index contributed by atoms with van der Waals surface area (Å²) in [5.41, 5.74) is 1.22. The molecule has 1 aromatic carbocycles. The first-order valence-electron chi connectivity index (χ1n) is 5.18. The van der Waals surface area contributed by atoms with Crippen molar-refractivity contribution in [2.45, 2.75) is 12.2 Å². The zero-order valence-electron chi connectivity index (χ0n) is 9.05. The third-order valence-corrected chi connectivity index (χ3v) is 3.29. The molecule has 0 fully saturated rings. The third-order valence-electron chi connectivity index (χ3n) is 2.52. The first-order valence-corrected chi connectivity index (χ1v) is 5.97. The molecule has 0 spiro atoms. The quantitative estimate of drug-likeness (QED) is 0.854. The summed E-state index contributed by atoms with van der Waals surface area (Å²) in [4.78, 5) is 3.88. The van der Waals surface area contributed by atoms with Crippen LogP contribution >= 0.6 is 15.9 Å². The molecule has 1 aromatic heterocycles. The molecule has 17 heavy (non-hydrogen) atoms. The Labute approximate surface area is 108 Å². The molecule has 4 heteroatoms. The van der Waals surface area contributed by atoms with Crippen molar-refractivity contribution in [1.82, 2.24) is 4.98 Å². The van der Waals surface area contributed by atoms with Crippen molar-refractivity contribution >= 4 is 15.9 Å². The first kappa shape index (κ1) is 12.2. The van der Waals surface area contributed by atoms with E-state index in [-0.39, 0.29) is 6.42 Å². The van der Waals surface area contributed by atoms with E-state index in [1.807, 2.05) is 24.3 Å². The second kappa shape index (κ2) is 4.96. The molecule has 0 radical (unpaired) electrons. The van der Waals surface area contributed by atoms with Gasteiger partial charge >= 0.3 is 0 Å². The van der Waals surface area contributed by atoms with Crippen molar-refractivity contribution < 1.29 is 10.2 Å². The zero-order chi connectivity index (χ0) is 12.3. The number of rotatable bonds is 3. The van der Waals surface area contributed by atoms with E-state index in [0.29, 0.717) is 5.56 Å². The summed E-state index contributed by atoms with van der Waals surface area (Å²) >= 11 is 3.38. The number of benzene rings is 1. The van der Waals surface area contributed by atoms with Crippen LogP contribution in [0.1, 0.15) is 11.1 Å². The number of hydrogen-bond donors (Lipinski definition) is 2. The number of nitrogens with zero attached hydrogens (tertiary/aromatic N) is 1. The Bertz CT molecular complexity index is 500. The van der Waals surface area contributed by atoms with Crippen LogP contribution in [0.2, 0.25) is 0 Å². The second-order valence-corrected chi connectivity index (χ2v) is 4.68. The summed E-state index contributed by atoms with van der Waals surface area (Å²) < 4.78 is 0.858. The lowest BCUT2D eigenvalue weighted by Gasteiger charge is -2.22. The molecule has 2 aromatic rings. The van der Waals surface area contributed by atoms with Crippen LogP contribution in [0.5, 0.6) is 0 Å². The molecule has 0 aliphatic rings. The molecule has 88 valence electrons. The molecule has 0 unspecified atom stereocenters. The standard InChI is InChI=1S/C13H12BrNO2/c14-12-6-2-1-4-10(12)8-13(16,17)11-5-3-7-15-9-11/h1-7,9,16-17H,8H2. The topological polar surface area (TPSA) is 53.4 Å². The van der Waals surface area contributed by atoms with Crippen LogP contribution in [0.3, 0.4) is 0 Å². The average Bonchev–Trinajstić information content (AvgIpc) is 2.33.